The first-order valence-corrected chi connectivity index (χ1v) is 8.96. The molecule has 138 valence electrons. The Bertz CT molecular complexity index is 990. The van der Waals surface area contributed by atoms with Crippen LogP contribution in [0.15, 0.2) is 42.5 Å². The SMILES string of the molecule is Cc1ccc2c(c1)C[C@@]1(CN2C)C(=O)NC(=O)N(c2cccc(Cl)c2)C1=O. The lowest BCUT2D eigenvalue weighted by atomic mass is 9.74. The van der Waals surface area contributed by atoms with Crippen LogP contribution in [0.5, 0.6) is 0 Å². The molecule has 0 radical (unpaired) electrons. The lowest BCUT2D eigenvalue weighted by Gasteiger charge is -2.45. The summed E-state index contributed by atoms with van der Waals surface area (Å²) in [6.45, 7) is 2.16. The largest absolute Gasteiger partial charge is 0.373 e. The normalized spacial score (nSPS) is 22.1. The lowest BCUT2D eigenvalue weighted by molar-refractivity contribution is -0.142. The minimum Gasteiger partial charge on any atom is -0.373 e. The zero-order chi connectivity index (χ0) is 19.3. The van der Waals surface area contributed by atoms with Crippen molar-refractivity contribution >= 4 is 40.8 Å². The fraction of sp³-hybridized carbons (Fsp3) is 0.250. The monoisotopic (exact) mass is 383 g/mol. The van der Waals surface area contributed by atoms with Crippen molar-refractivity contribution < 1.29 is 14.4 Å². The molecule has 7 heteroatoms. The van der Waals surface area contributed by atoms with Gasteiger partial charge in [0.05, 0.1) is 5.69 Å². The van der Waals surface area contributed by atoms with E-state index in [0.717, 1.165) is 21.7 Å². The molecule has 27 heavy (non-hydrogen) atoms. The number of barbiturate groups is 1. The van der Waals surface area contributed by atoms with Crippen molar-refractivity contribution in [3.05, 3.63) is 58.6 Å². The van der Waals surface area contributed by atoms with E-state index < -0.39 is 23.3 Å². The quantitative estimate of drug-likeness (QED) is 0.769. The number of rotatable bonds is 1. The summed E-state index contributed by atoms with van der Waals surface area (Å²) in [6.07, 6.45) is 0.239. The Kier molecular flexibility index (Phi) is 3.96. The average molecular weight is 384 g/mol. The number of imide groups is 2. The number of hydrogen-bond acceptors (Lipinski definition) is 4. The molecular formula is C20H18ClN3O3. The summed E-state index contributed by atoms with van der Waals surface area (Å²) < 4.78 is 0. The van der Waals surface area contributed by atoms with E-state index in [2.05, 4.69) is 5.32 Å². The molecule has 0 aromatic heterocycles. The van der Waals surface area contributed by atoms with Crippen LogP contribution in [-0.2, 0) is 16.0 Å². The topological polar surface area (TPSA) is 69.7 Å². The van der Waals surface area contributed by atoms with Gasteiger partial charge < -0.3 is 4.90 Å². The number of amides is 4. The van der Waals surface area contributed by atoms with E-state index in [1.54, 1.807) is 18.2 Å². The molecule has 2 aliphatic rings. The first kappa shape index (κ1) is 17.5. The first-order chi connectivity index (χ1) is 12.8. The maximum Gasteiger partial charge on any atom is 0.335 e. The zero-order valence-electron chi connectivity index (χ0n) is 15.0. The van der Waals surface area contributed by atoms with Gasteiger partial charge in [-0.2, -0.15) is 0 Å². The highest BCUT2D eigenvalue weighted by molar-refractivity contribution is 6.33. The van der Waals surface area contributed by atoms with Gasteiger partial charge in [0.25, 0.3) is 5.91 Å². The van der Waals surface area contributed by atoms with Gasteiger partial charge in [-0.1, -0.05) is 35.4 Å². The Morgan fingerprint density at radius 1 is 1.11 bits per heavy atom. The minimum absolute atomic E-state index is 0.193. The molecule has 2 aliphatic heterocycles. The second kappa shape index (κ2) is 6.09. The Morgan fingerprint density at radius 3 is 2.63 bits per heavy atom. The lowest BCUT2D eigenvalue weighted by Crippen LogP contribution is -2.68. The maximum absolute atomic E-state index is 13.4. The van der Waals surface area contributed by atoms with Gasteiger partial charge in [0, 0.05) is 24.3 Å². The number of benzene rings is 2. The van der Waals surface area contributed by atoms with Crippen LogP contribution in [0.3, 0.4) is 0 Å². The van der Waals surface area contributed by atoms with Gasteiger partial charge in [-0.3, -0.25) is 14.9 Å². The van der Waals surface area contributed by atoms with E-state index in [9.17, 15) is 14.4 Å². The second-order valence-electron chi connectivity index (χ2n) is 7.13. The van der Waals surface area contributed by atoms with Gasteiger partial charge in [0.1, 0.15) is 0 Å². The molecular weight excluding hydrogens is 366 g/mol. The number of halogens is 1. The van der Waals surface area contributed by atoms with E-state index in [0.29, 0.717) is 10.7 Å². The molecule has 4 rings (SSSR count). The number of nitrogens with one attached hydrogen (secondary N) is 1. The molecule has 2 aromatic rings. The predicted molar refractivity (Wildman–Crippen MR) is 103 cm³/mol. The molecule has 0 saturated carbocycles. The van der Waals surface area contributed by atoms with Crippen molar-refractivity contribution in [3.8, 4) is 0 Å². The molecule has 4 amide bonds. The van der Waals surface area contributed by atoms with Crippen molar-refractivity contribution in [2.75, 3.05) is 23.4 Å². The molecule has 0 unspecified atom stereocenters. The van der Waals surface area contributed by atoms with Gasteiger partial charge in [0.15, 0.2) is 5.41 Å². The van der Waals surface area contributed by atoms with Gasteiger partial charge in [-0.15, -0.1) is 0 Å². The molecule has 0 bridgehead atoms. The van der Waals surface area contributed by atoms with Crippen LogP contribution in [0.1, 0.15) is 11.1 Å². The van der Waals surface area contributed by atoms with E-state index in [1.807, 2.05) is 37.1 Å². The van der Waals surface area contributed by atoms with E-state index in [1.165, 1.54) is 6.07 Å². The number of urea groups is 1. The summed E-state index contributed by atoms with van der Waals surface area (Å²) in [5.74, 6) is -1.09. The number of aryl methyl sites for hydroxylation is 1. The predicted octanol–water partition coefficient (Wildman–Crippen LogP) is 2.91. The summed E-state index contributed by atoms with van der Waals surface area (Å²) in [6, 6.07) is 11.7. The van der Waals surface area contributed by atoms with Gasteiger partial charge in [-0.25, -0.2) is 9.69 Å². The van der Waals surface area contributed by atoms with Crippen molar-refractivity contribution in [1.29, 1.82) is 0 Å². The van der Waals surface area contributed by atoms with Crippen LogP contribution < -0.4 is 15.1 Å². The smallest absolute Gasteiger partial charge is 0.335 e. The first-order valence-electron chi connectivity index (χ1n) is 8.58. The Balaban J connectivity index is 1.81. The molecule has 2 heterocycles. The van der Waals surface area contributed by atoms with Crippen LogP contribution in [0.25, 0.3) is 0 Å². The van der Waals surface area contributed by atoms with Crippen LogP contribution in [0.4, 0.5) is 16.2 Å². The van der Waals surface area contributed by atoms with Crippen LogP contribution in [-0.4, -0.2) is 31.4 Å². The summed E-state index contributed by atoms with van der Waals surface area (Å²) in [5.41, 5.74) is 1.91. The van der Waals surface area contributed by atoms with E-state index in [4.69, 9.17) is 11.6 Å². The standard InChI is InChI=1S/C20H18ClN3O3/c1-12-6-7-16-13(8-12)10-20(11-23(16)2)17(25)22-19(27)24(18(20)26)15-5-3-4-14(21)9-15/h3-9H,10-11H2,1-2H3,(H,22,25,27)/t20-/m1/s1. The number of nitrogens with zero attached hydrogens (tertiary/aromatic N) is 2. The average Bonchev–Trinajstić information content (AvgIpc) is 2.60. The Morgan fingerprint density at radius 2 is 1.89 bits per heavy atom. The molecule has 0 aliphatic carbocycles. The zero-order valence-corrected chi connectivity index (χ0v) is 15.7. The van der Waals surface area contributed by atoms with Crippen LogP contribution in [0.2, 0.25) is 5.02 Å². The third-order valence-corrected chi connectivity index (χ3v) is 5.42. The molecule has 2 aromatic carbocycles. The molecule has 1 spiro atoms. The molecule has 1 atom stereocenters. The number of anilines is 2. The van der Waals surface area contributed by atoms with E-state index in [-0.39, 0.29) is 13.0 Å². The Labute approximate surface area is 161 Å². The number of hydrogen-bond donors (Lipinski definition) is 1. The van der Waals surface area contributed by atoms with Crippen molar-refractivity contribution in [3.63, 3.8) is 0 Å². The molecule has 1 saturated heterocycles. The van der Waals surface area contributed by atoms with Crippen LogP contribution >= 0.6 is 11.6 Å². The second-order valence-corrected chi connectivity index (χ2v) is 7.56. The third kappa shape index (κ3) is 2.68. The van der Waals surface area contributed by atoms with Crippen molar-refractivity contribution in [1.82, 2.24) is 5.32 Å². The number of carbonyl (C=O) groups excluding carboxylic acids is 3. The number of fused-ring (bicyclic) bond motifs is 1. The van der Waals surface area contributed by atoms with E-state index >= 15 is 0 Å². The van der Waals surface area contributed by atoms with Gasteiger partial charge in [0.2, 0.25) is 5.91 Å². The van der Waals surface area contributed by atoms with Crippen molar-refractivity contribution in [2.45, 2.75) is 13.3 Å². The fourth-order valence-electron chi connectivity index (χ4n) is 3.92. The highest BCUT2D eigenvalue weighted by atomic mass is 35.5. The highest BCUT2D eigenvalue weighted by Crippen LogP contribution is 2.40. The molecule has 1 N–H and O–H groups in total. The maximum atomic E-state index is 13.4. The van der Waals surface area contributed by atoms with Crippen molar-refractivity contribution in [2.24, 2.45) is 5.41 Å². The summed E-state index contributed by atoms with van der Waals surface area (Å²) in [7, 11) is 1.84. The van der Waals surface area contributed by atoms with Gasteiger partial charge >= 0.3 is 6.03 Å². The van der Waals surface area contributed by atoms with Gasteiger partial charge in [-0.05, 0) is 43.2 Å². The number of carbonyl (C=O) groups is 3. The van der Waals surface area contributed by atoms with Crippen LogP contribution in [0, 0.1) is 12.3 Å². The minimum atomic E-state index is -1.37. The summed E-state index contributed by atoms with van der Waals surface area (Å²) in [5, 5.41) is 2.77. The summed E-state index contributed by atoms with van der Waals surface area (Å²) in [4.78, 5) is 41.7. The highest BCUT2D eigenvalue weighted by Gasteiger charge is 2.56. The Hall–Kier alpha value is -2.86. The molecule has 6 nitrogen and oxygen atoms in total. The fourth-order valence-corrected chi connectivity index (χ4v) is 4.10. The third-order valence-electron chi connectivity index (χ3n) is 5.18. The molecule has 1 fully saturated rings. The summed E-state index contributed by atoms with van der Waals surface area (Å²) >= 11 is 6.03.